The molecule has 0 atom stereocenters. The van der Waals surface area contributed by atoms with Crippen LogP contribution in [0.1, 0.15) is 25.3 Å². The number of alkyl halides is 1. The number of anilines is 1. The summed E-state index contributed by atoms with van der Waals surface area (Å²) in [6.45, 7) is 3.15. The number of aromatic nitrogens is 2. The average Bonchev–Trinajstić information content (AvgIpc) is 2.88. The molecular formula is C13H16BrN3S. The van der Waals surface area contributed by atoms with Crippen molar-refractivity contribution in [1.29, 1.82) is 0 Å². The van der Waals surface area contributed by atoms with Gasteiger partial charge in [0.05, 0.1) is 0 Å². The molecule has 0 unspecified atom stereocenters. The first kappa shape index (κ1) is 13.5. The highest BCUT2D eigenvalue weighted by Gasteiger charge is 2.05. The van der Waals surface area contributed by atoms with E-state index in [0.717, 1.165) is 34.0 Å². The van der Waals surface area contributed by atoms with Crippen molar-refractivity contribution in [1.82, 2.24) is 10.2 Å². The third-order valence-corrected chi connectivity index (χ3v) is 4.16. The van der Waals surface area contributed by atoms with E-state index in [0.29, 0.717) is 0 Å². The van der Waals surface area contributed by atoms with E-state index in [-0.39, 0.29) is 0 Å². The molecule has 2 rings (SSSR count). The molecule has 0 saturated carbocycles. The van der Waals surface area contributed by atoms with E-state index in [1.807, 2.05) is 0 Å². The largest absolute Gasteiger partial charge is 0.360 e. The van der Waals surface area contributed by atoms with Crippen LogP contribution in [0.4, 0.5) is 5.13 Å². The minimum atomic E-state index is 0.882. The Morgan fingerprint density at radius 1 is 1.22 bits per heavy atom. The SMILES string of the molecule is CCCCNc1nnc(-c2ccc(CBr)cc2)s1. The molecule has 1 heterocycles. The highest BCUT2D eigenvalue weighted by atomic mass is 79.9. The molecule has 0 aliphatic carbocycles. The van der Waals surface area contributed by atoms with Crippen LogP contribution in [0, 0.1) is 0 Å². The summed E-state index contributed by atoms with van der Waals surface area (Å²) in [4.78, 5) is 0. The summed E-state index contributed by atoms with van der Waals surface area (Å²) >= 11 is 5.05. The molecule has 0 saturated heterocycles. The van der Waals surface area contributed by atoms with E-state index >= 15 is 0 Å². The molecular weight excluding hydrogens is 310 g/mol. The molecule has 0 aliphatic heterocycles. The number of unbranched alkanes of at least 4 members (excludes halogenated alkanes) is 1. The van der Waals surface area contributed by atoms with Crippen molar-refractivity contribution >= 4 is 32.4 Å². The van der Waals surface area contributed by atoms with Crippen molar-refractivity contribution in [3.05, 3.63) is 29.8 Å². The standard InChI is InChI=1S/C13H16BrN3S/c1-2-3-8-15-13-17-16-12(18-13)11-6-4-10(9-14)5-7-11/h4-7H,2-3,8-9H2,1H3,(H,15,17). The van der Waals surface area contributed by atoms with E-state index in [1.54, 1.807) is 11.3 Å². The predicted molar refractivity (Wildman–Crippen MR) is 81.4 cm³/mol. The lowest BCUT2D eigenvalue weighted by Crippen LogP contribution is -1.99. The normalized spacial score (nSPS) is 10.6. The fraction of sp³-hybridized carbons (Fsp3) is 0.385. The van der Waals surface area contributed by atoms with Gasteiger partial charge in [-0.2, -0.15) is 0 Å². The first-order chi connectivity index (χ1) is 8.83. The summed E-state index contributed by atoms with van der Waals surface area (Å²) < 4.78 is 0. The molecule has 2 aromatic rings. The Bertz CT molecular complexity index is 481. The number of halogens is 1. The first-order valence-corrected chi connectivity index (χ1v) is 8.00. The Kier molecular flexibility index (Phi) is 5.13. The van der Waals surface area contributed by atoms with Crippen LogP contribution < -0.4 is 5.32 Å². The molecule has 0 aliphatic rings. The summed E-state index contributed by atoms with van der Waals surface area (Å²) in [5, 5.41) is 14.4. The molecule has 0 bridgehead atoms. The molecule has 5 heteroatoms. The van der Waals surface area contributed by atoms with Crippen molar-refractivity contribution < 1.29 is 0 Å². The minimum absolute atomic E-state index is 0.882. The summed E-state index contributed by atoms with van der Waals surface area (Å²) in [7, 11) is 0. The van der Waals surface area contributed by atoms with Gasteiger partial charge in [-0.05, 0) is 12.0 Å². The Morgan fingerprint density at radius 3 is 2.67 bits per heavy atom. The Morgan fingerprint density at radius 2 is 2.00 bits per heavy atom. The van der Waals surface area contributed by atoms with Gasteiger partial charge in [0, 0.05) is 17.4 Å². The van der Waals surface area contributed by atoms with Gasteiger partial charge in [-0.1, -0.05) is 64.9 Å². The Labute approximate surface area is 120 Å². The Hall–Kier alpha value is -0.940. The van der Waals surface area contributed by atoms with Crippen molar-refractivity contribution in [2.24, 2.45) is 0 Å². The first-order valence-electron chi connectivity index (χ1n) is 6.06. The maximum Gasteiger partial charge on any atom is 0.206 e. The molecule has 1 aromatic carbocycles. The molecule has 1 aromatic heterocycles. The maximum absolute atomic E-state index is 4.21. The molecule has 0 amide bonds. The van der Waals surface area contributed by atoms with E-state index in [4.69, 9.17) is 0 Å². The average molecular weight is 326 g/mol. The number of rotatable bonds is 6. The van der Waals surface area contributed by atoms with Gasteiger partial charge in [-0.25, -0.2) is 0 Å². The zero-order chi connectivity index (χ0) is 12.8. The van der Waals surface area contributed by atoms with Crippen LogP contribution in [-0.4, -0.2) is 16.7 Å². The minimum Gasteiger partial charge on any atom is -0.360 e. The number of nitrogens with zero attached hydrogens (tertiary/aromatic N) is 2. The zero-order valence-electron chi connectivity index (χ0n) is 10.3. The topological polar surface area (TPSA) is 37.8 Å². The zero-order valence-corrected chi connectivity index (χ0v) is 12.7. The van der Waals surface area contributed by atoms with Crippen LogP contribution in [0.15, 0.2) is 24.3 Å². The van der Waals surface area contributed by atoms with Gasteiger partial charge in [0.1, 0.15) is 5.01 Å². The lowest BCUT2D eigenvalue weighted by molar-refractivity contribution is 0.831. The molecule has 1 N–H and O–H groups in total. The third kappa shape index (κ3) is 3.53. The van der Waals surface area contributed by atoms with Gasteiger partial charge in [0.25, 0.3) is 0 Å². The molecule has 96 valence electrons. The number of benzene rings is 1. The second kappa shape index (κ2) is 6.85. The third-order valence-electron chi connectivity index (χ3n) is 2.59. The van der Waals surface area contributed by atoms with Crippen LogP contribution in [0.5, 0.6) is 0 Å². The smallest absolute Gasteiger partial charge is 0.206 e. The second-order valence-corrected chi connectivity index (χ2v) is 5.56. The van der Waals surface area contributed by atoms with E-state index in [1.165, 1.54) is 12.0 Å². The van der Waals surface area contributed by atoms with Crippen LogP contribution >= 0.6 is 27.3 Å². The van der Waals surface area contributed by atoms with Crippen LogP contribution in [-0.2, 0) is 5.33 Å². The number of nitrogens with one attached hydrogen (secondary N) is 1. The second-order valence-electron chi connectivity index (χ2n) is 4.02. The van der Waals surface area contributed by atoms with Crippen molar-refractivity contribution in [2.75, 3.05) is 11.9 Å². The highest BCUT2D eigenvalue weighted by molar-refractivity contribution is 9.08. The molecule has 0 spiro atoms. The number of hydrogen-bond acceptors (Lipinski definition) is 4. The van der Waals surface area contributed by atoms with Crippen molar-refractivity contribution in [2.45, 2.75) is 25.1 Å². The van der Waals surface area contributed by atoms with Gasteiger partial charge in [-0.3, -0.25) is 0 Å². The molecule has 0 radical (unpaired) electrons. The number of hydrogen-bond donors (Lipinski definition) is 1. The summed E-state index contributed by atoms with van der Waals surface area (Å²) in [6.07, 6.45) is 2.35. The van der Waals surface area contributed by atoms with Crippen LogP contribution in [0.3, 0.4) is 0 Å². The highest BCUT2D eigenvalue weighted by Crippen LogP contribution is 2.26. The fourth-order valence-electron chi connectivity index (χ4n) is 1.52. The van der Waals surface area contributed by atoms with E-state index < -0.39 is 0 Å². The fourth-order valence-corrected chi connectivity index (χ4v) is 2.67. The predicted octanol–water partition coefficient (Wildman–Crippen LogP) is 4.31. The molecule has 0 fully saturated rings. The van der Waals surface area contributed by atoms with Crippen LogP contribution in [0.2, 0.25) is 0 Å². The lowest BCUT2D eigenvalue weighted by Gasteiger charge is -1.98. The van der Waals surface area contributed by atoms with Gasteiger partial charge in [-0.15, -0.1) is 10.2 Å². The quantitative estimate of drug-likeness (QED) is 0.635. The van der Waals surface area contributed by atoms with E-state index in [2.05, 4.69) is 62.6 Å². The van der Waals surface area contributed by atoms with Crippen molar-refractivity contribution in [3.8, 4) is 10.6 Å². The monoisotopic (exact) mass is 325 g/mol. The van der Waals surface area contributed by atoms with Gasteiger partial charge < -0.3 is 5.32 Å². The Balaban J connectivity index is 2.04. The maximum atomic E-state index is 4.21. The van der Waals surface area contributed by atoms with Gasteiger partial charge in [0.15, 0.2) is 0 Å². The lowest BCUT2D eigenvalue weighted by atomic mass is 10.2. The van der Waals surface area contributed by atoms with Crippen molar-refractivity contribution in [3.63, 3.8) is 0 Å². The molecule has 3 nitrogen and oxygen atoms in total. The summed E-state index contributed by atoms with van der Waals surface area (Å²) in [6, 6.07) is 8.39. The van der Waals surface area contributed by atoms with Crippen LogP contribution in [0.25, 0.3) is 10.6 Å². The van der Waals surface area contributed by atoms with E-state index in [9.17, 15) is 0 Å². The summed E-state index contributed by atoms with van der Waals surface area (Å²) in [5.74, 6) is 0. The van der Waals surface area contributed by atoms with Gasteiger partial charge in [0.2, 0.25) is 5.13 Å². The summed E-state index contributed by atoms with van der Waals surface area (Å²) in [5.41, 5.74) is 2.39. The molecule has 18 heavy (non-hydrogen) atoms. The van der Waals surface area contributed by atoms with Gasteiger partial charge >= 0.3 is 0 Å².